The molecule has 8 nitrogen and oxygen atoms in total. The summed E-state index contributed by atoms with van der Waals surface area (Å²) in [5.74, 6) is 0.911. The highest BCUT2D eigenvalue weighted by Crippen LogP contribution is 2.37. The van der Waals surface area contributed by atoms with Crippen LogP contribution >= 0.6 is 0 Å². The SMILES string of the molecule is CN=C/C(=C\N)Nc1nc(NC)c(-c2ccc(C(F)(F)F)cc2)c(Nc2cccc(N)c2)n1. The molecular formula is C22H23F3N8. The number of hydrogen-bond acceptors (Lipinski definition) is 8. The van der Waals surface area contributed by atoms with Crippen LogP contribution in [0.3, 0.4) is 0 Å². The van der Waals surface area contributed by atoms with Gasteiger partial charge in [0.2, 0.25) is 5.95 Å². The van der Waals surface area contributed by atoms with Gasteiger partial charge in [0.1, 0.15) is 11.6 Å². The van der Waals surface area contributed by atoms with Crippen LogP contribution in [0, 0.1) is 0 Å². The third-order valence-corrected chi connectivity index (χ3v) is 4.50. The lowest BCUT2D eigenvalue weighted by Gasteiger charge is -2.18. The zero-order valence-electron chi connectivity index (χ0n) is 17.9. The van der Waals surface area contributed by atoms with E-state index in [4.69, 9.17) is 11.5 Å². The van der Waals surface area contributed by atoms with Gasteiger partial charge >= 0.3 is 6.18 Å². The quantitative estimate of drug-likeness (QED) is 0.263. The van der Waals surface area contributed by atoms with E-state index in [-0.39, 0.29) is 5.95 Å². The van der Waals surface area contributed by atoms with E-state index in [2.05, 4.69) is 30.9 Å². The van der Waals surface area contributed by atoms with Crippen molar-refractivity contribution in [1.82, 2.24) is 9.97 Å². The fraction of sp³-hybridized carbons (Fsp3) is 0.136. The van der Waals surface area contributed by atoms with Gasteiger partial charge in [-0.3, -0.25) is 4.99 Å². The number of anilines is 5. The van der Waals surface area contributed by atoms with Crippen LogP contribution in [0.1, 0.15) is 5.56 Å². The summed E-state index contributed by atoms with van der Waals surface area (Å²) >= 11 is 0. The molecule has 0 amide bonds. The maximum Gasteiger partial charge on any atom is 0.416 e. The molecule has 3 aromatic rings. The maximum absolute atomic E-state index is 13.0. The molecule has 3 rings (SSSR count). The summed E-state index contributed by atoms with van der Waals surface area (Å²) in [4.78, 5) is 12.9. The molecule has 7 N–H and O–H groups in total. The van der Waals surface area contributed by atoms with Crippen molar-refractivity contribution in [3.05, 3.63) is 66.0 Å². The molecule has 33 heavy (non-hydrogen) atoms. The van der Waals surface area contributed by atoms with Crippen molar-refractivity contribution in [3.8, 4) is 11.1 Å². The zero-order valence-corrected chi connectivity index (χ0v) is 17.9. The highest BCUT2D eigenvalue weighted by atomic mass is 19.4. The molecule has 0 aliphatic carbocycles. The molecular weight excluding hydrogens is 433 g/mol. The molecule has 0 bridgehead atoms. The first kappa shape index (κ1) is 23.4. The minimum Gasteiger partial charge on any atom is -0.403 e. The number of halogens is 3. The average molecular weight is 456 g/mol. The number of nitrogens with two attached hydrogens (primary N) is 2. The number of nitrogens with one attached hydrogen (secondary N) is 3. The molecule has 172 valence electrons. The summed E-state index contributed by atoms with van der Waals surface area (Å²) in [7, 11) is 3.24. The first-order valence-electron chi connectivity index (χ1n) is 9.76. The third-order valence-electron chi connectivity index (χ3n) is 4.50. The molecule has 0 aliphatic rings. The normalized spacial score (nSPS) is 12.1. The molecule has 0 unspecified atom stereocenters. The molecule has 0 spiro atoms. The third kappa shape index (κ3) is 5.70. The summed E-state index contributed by atoms with van der Waals surface area (Å²) in [5.41, 5.74) is 13.3. The van der Waals surface area contributed by atoms with E-state index in [0.29, 0.717) is 39.8 Å². The predicted molar refractivity (Wildman–Crippen MR) is 126 cm³/mol. The highest BCUT2D eigenvalue weighted by molar-refractivity contribution is 5.89. The monoisotopic (exact) mass is 456 g/mol. The second kappa shape index (κ2) is 9.90. The van der Waals surface area contributed by atoms with Crippen LogP contribution in [0.15, 0.2) is 65.4 Å². The highest BCUT2D eigenvalue weighted by Gasteiger charge is 2.30. The van der Waals surface area contributed by atoms with Crippen LogP contribution in [-0.2, 0) is 6.18 Å². The van der Waals surface area contributed by atoms with Crippen LogP contribution < -0.4 is 27.4 Å². The fourth-order valence-electron chi connectivity index (χ4n) is 3.03. The van der Waals surface area contributed by atoms with Gasteiger partial charge in [-0.15, -0.1) is 0 Å². The molecule has 0 saturated heterocycles. The van der Waals surface area contributed by atoms with Crippen molar-refractivity contribution < 1.29 is 13.2 Å². The lowest BCUT2D eigenvalue weighted by atomic mass is 10.0. The van der Waals surface area contributed by atoms with Crippen molar-refractivity contribution in [3.63, 3.8) is 0 Å². The number of hydrogen-bond donors (Lipinski definition) is 5. The van der Waals surface area contributed by atoms with Gasteiger partial charge in [0.05, 0.1) is 16.8 Å². The van der Waals surface area contributed by atoms with Gasteiger partial charge in [-0.1, -0.05) is 18.2 Å². The molecule has 0 saturated carbocycles. The lowest BCUT2D eigenvalue weighted by molar-refractivity contribution is -0.137. The van der Waals surface area contributed by atoms with Crippen LogP contribution in [-0.4, -0.2) is 30.3 Å². The van der Waals surface area contributed by atoms with Crippen LogP contribution in [0.4, 0.5) is 42.1 Å². The minimum atomic E-state index is -4.44. The Kier molecular flexibility index (Phi) is 7.01. The number of aliphatic imine (C=N–C) groups is 1. The number of nitrogen functional groups attached to an aromatic ring is 1. The van der Waals surface area contributed by atoms with Gasteiger partial charge in [0, 0.05) is 37.9 Å². The lowest BCUT2D eigenvalue weighted by Crippen LogP contribution is -2.11. The van der Waals surface area contributed by atoms with Crippen LogP contribution in [0.5, 0.6) is 0 Å². The first-order chi connectivity index (χ1) is 15.7. The number of aromatic nitrogens is 2. The standard InChI is InChI=1S/C22H23F3N8/c1-28-12-17(11-26)31-21-32-19(29-2)18(13-6-8-14(9-7-13)22(23,24)25)20(33-21)30-16-5-3-4-15(27)10-16/h3-12H,26-27H2,1-2H3,(H3,29,30,31,32,33)/b17-11+,28-12?. The molecule has 1 heterocycles. The Hall–Kier alpha value is -4.28. The molecule has 0 fully saturated rings. The Morgan fingerprint density at radius 2 is 1.76 bits per heavy atom. The molecule has 0 atom stereocenters. The summed E-state index contributed by atoms with van der Waals surface area (Å²) in [6, 6.07) is 11.8. The Morgan fingerprint density at radius 3 is 2.33 bits per heavy atom. The van der Waals surface area contributed by atoms with Gasteiger partial charge in [-0.2, -0.15) is 23.1 Å². The van der Waals surface area contributed by atoms with E-state index in [9.17, 15) is 13.2 Å². The Balaban J connectivity index is 2.15. The maximum atomic E-state index is 13.0. The van der Waals surface area contributed by atoms with Crippen LogP contribution in [0.25, 0.3) is 11.1 Å². The van der Waals surface area contributed by atoms with Gasteiger partial charge < -0.3 is 27.4 Å². The Morgan fingerprint density at radius 1 is 1.06 bits per heavy atom. The summed E-state index contributed by atoms with van der Waals surface area (Å²) < 4.78 is 39.1. The topological polar surface area (TPSA) is 126 Å². The number of alkyl halides is 3. The van der Waals surface area contributed by atoms with E-state index >= 15 is 0 Å². The zero-order chi connectivity index (χ0) is 24.0. The van der Waals surface area contributed by atoms with Crippen LogP contribution in [0.2, 0.25) is 0 Å². The minimum absolute atomic E-state index is 0.193. The largest absolute Gasteiger partial charge is 0.416 e. The molecule has 11 heteroatoms. The number of benzene rings is 2. The molecule has 0 aliphatic heterocycles. The summed E-state index contributed by atoms with van der Waals surface area (Å²) in [6.45, 7) is 0. The van der Waals surface area contributed by atoms with Crippen molar-refractivity contribution in [2.45, 2.75) is 6.18 Å². The van der Waals surface area contributed by atoms with E-state index in [1.54, 1.807) is 38.4 Å². The molecule has 2 aromatic carbocycles. The van der Waals surface area contributed by atoms with Gasteiger partial charge in [-0.25, -0.2) is 0 Å². The van der Waals surface area contributed by atoms with E-state index < -0.39 is 11.7 Å². The first-order valence-corrected chi connectivity index (χ1v) is 9.76. The van der Waals surface area contributed by atoms with E-state index in [0.717, 1.165) is 12.1 Å². The molecule has 0 radical (unpaired) electrons. The van der Waals surface area contributed by atoms with E-state index in [1.165, 1.54) is 24.5 Å². The number of allylic oxidation sites excluding steroid dienone is 1. The Labute approximate surface area is 188 Å². The number of nitrogens with zero attached hydrogens (tertiary/aromatic N) is 3. The number of rotatable bonds is 7. The van der Waals surface area contributed by atoms with E-state index in [1.807, 2.05) is 0 Å². The van der Waals surface area contributed by atoms with Gasteiger partial charge in [0.15, 0.2) is 0 Å². The molecule has 1 aromatic heterocycles. The van der Waals surface area contributed by atoms with Crippen molar-refractivity contribution in [2.24, 2.45) is 10.7 Å². The average Bonchev–Trinajstić information content (AvgIpc) is 2.78. The van der Waals surface area contributed by atoms with Crippen molar-refractivity contribution in [2.75, 3.05) is 35.8 Å². The Bertz CT molecular complexity index is 1170. The second-order valence-electron chi connectivity index (χ2n) is 6.83. The van der Waals surface area contributed by atoms with Crippen molar-refractivity contribution in [1.29, 1.82) is 0 Å². The summed E-state index contributed by atoms with van der Waals surface area (Å²) in [5, 5.41) is 9.12. The predicted octanol–water partition coefficient (Wildman–Crippen LogP) is 4.44. The van der Waals surface area contributed by atoms with Gasteiger partial charge in [0.25, 0.3) is 0 Å². The fourth-order valence-corrected chi connectivity index (χ4v) is 3.03. The summed E-state index contributed by atoms with van der Waals surface area (Å²) in [6.07, 6.45) is -1.63. The second-order valence-corrected chi connectivity index (χ2v) is 6.83. The van der Waals surface area contributed by atoms with Crippen molar-refractivity contribution >= 4 is 35.2 Å². The van der Waals surface area contributed by atoms with Gasteiger partial charge in [-0.05, 0) is 35.9 Å². The smallest absolute Gasteiger partial charge is 0.403 e.